The molecular weight excluding hydrogens is 186 g/mol. The van der Waals surface area contributed by atoms with E-state index in [9.17, 15) is 0 Å². The molecule has 0 radical (unpaired) electrons. The molecule has 0 bridgehead atoms. The molecule has 0 unspecified atom stereocenters. The molecule has 3 rings (SSSR count). The summed E-state index contributed by atoms with van der Waals surface area (Å²) < 4.78 is 0. The van der Waals surface area contributed by atoms with Gasteiger partial charge in [0.05, 0.1) is 11.4 Å². The normalized spacial score (nSPS) is 12.5. The lowest BCUT2D eigenvalue weighted by molar-refractivity contribution is 1.18. The van der Waals surface area contributed by atoms with Crippen LogP contribution in [0.5, 0.6) is 0 Å². The van der Waals surface area contributed by atoms with Crippen LogP contribution in [-0.4, -0.2) is 15.0 Å². The number of rotatable bonds is 0. The third kappa shape index (κ3) is 0.973. The van der Waals surface area contributed by atoms with Crippen LogP contribution in [0.4, 0.5) is 0 Å². The average Bonchev–Trinajstić information content (AvgIpc) is 2.55. The van der Waals surface area contributed by atoms with E-state index < -0.39 is 0 Å². The van der Waals surface area contributed by atoms with E-state index in [1.807, 2.05) is 13.1 Å². The lowest BCUT2D eigenvalue weighted by Crippen LogP contribution is -2.25. The van der Waals surface area contributed by atoms with Gasteiger partial charge in [0.15, 0.2) is 0 Å². The van der Waals surface area contributed by atoms with Crippen LogP contribution in [0.3, 0.4) is 0 Å². The molecule has 0 spiro atoms. The molecule has 0 aliphatic heterocycles. The predicted octanol–water partition coefficient (Wildman–Crippen LogP) is 0.481. The van der Waals surface area contributed by atoms with Crippen molar-refractivity contribution in [3.05, 3.63) is 40.9 Å². The first kappa shape index (κ1) is 8.29. The highest BCUT2D eigenvalue weighted by Gasteiger charge is 2.19. The second kappa shape index (κ2) is 2.73. The van der Waals surface area contributed by atoms with Crippen molar-refractivity contribution >= 4 is 12.2 Å². The Balaban J connectivity index is 2.58. The zero-order valence-corrected chi connectivity index (χ0v) is 8.36. The maximum absolute atomic E-state index is 4.34. The molecule has 0 N–H and O–H groups in total. The van der Waals surface area contributed by atoms with Crippen molar-refractivity contribution in [1.82, 2.24) is 15.0 Å². The first-order valence-corrected chi connectivity index (χ1v) is 4.74. The van der Waals surface area contributed by atoms with E-state index in [4.69, 9.17) is 0 Å². The van der Waals surface area contributed by atoms with Gasteiger partial charge in [0.25, 0.3) is 0 Å². The highest BCUT2D eigenvalue weighted by molar-refractivity contribution is 5.83. The SMILES string of the molecule is C=c1cncc2c1=C(C)c1nccnc1-2. The minimum atomic E-state index is 0.919. The molecule has 0 aromatic carbocycles. The summed E-state index contributed by atoms with van der Waals surface area (Å²) in [5.41, 5.74) is 4.05. The summed E-state index contributed by atoms with van der Waals surface area (Å²) in [6.07, 6.45) is 7.02. The molecule has 1 aliphatic rings. The van der Waals surface area contributed by atoms with Crippen molar-refractivity contribution in [2.75, 3.05) is 0 Å². The zero-order chi connectivity index (χ0) is 10.4. The summed E-state index contributed by atoms with van der Waals surface area (Å²) in [5, 5.41) is 2.07. The maximum atomic E-state index is 4.34. The monoisotopic (exact) mass is 195 g/mol. The van der Waals surface area contributed by atoms with Crippen LogP contribution in [0, 0.1) is 0 Å². The minimum absolute atomic E-state index is 0.919. The van der Waals surface area contributed by atoms with Gasteiger partial charge in [-0.2, -0.15) is 0 Å². The fourth-order valence-electron chi connectivity index (χ4n) is 2.05. The van der Waals surface area contributed by atoms with Gasteiger partial charge in [-0.05, 0) is 22.9 Å². The largest absolute Gasteiger partial charge is 0.263 e. The molecule has 0 atom stereocenters. The van der Waals surface area contributed by atoms with Gasteiger partial charge in [0, 0.05) is 30.4 Å². The van der Waals surface area contributed by atoms with E-state index in [0.29, 0.717) is 0 Å². The number of aromatic nitrogens is 3. The topological polar surface area (TPSA) is 38.7 Å². The van der Waals surface area contributed by atoms with Gasteiger partial charge in [-0.15, -0.1) is 0 Å². The molecule has 15 heavy (non-hydrogen) atoms. The lowest BCUT2D eigenvalue weighted by Gasteiger charge is -1.97. The summed E-state index contributed by atoms with van der Waals surface area (Å²) in [7, 11) is 0. The van der Waals surface area contributed by atoms with E-state index in [1.54, 1.807) is 18.6 Å². The van der Waals surface area contributed by atoms with Gasteiger partial charge in [-0.3, -0.25) is 15.0 Å². The average molecular weight is 195 g/mol. The van der Waals surface area contributed by atoms with E-state index in [-0.39, 0.29) is 0 Å². The van der Waals surface area contributed by atoms with Crippen molar-refractivity contribution in [1.29, 1.82) is 0 Å². The standard InChI is InChI=1S/C12H9N3/c1-7-5-13-6-9-10(7)8(2)11-12(9)15-4-3-14-11/h3-6H,1H2,2H3. The van der Waals surface area contributed by atoms with E-state index in [2.05, 4.69) is 21.5 Å². The molecule has 2 aromatic rings. The molecule has 3 nitrogen and oxygen atoms in total. The Hall–Kier alpha value is -2.03. The second-order valence-corrected chi connectivity index (χ2v) is 3.60. The van der Waals surface area contributed by atoms with Crippen LogP contribution in [-0.2, 0) is 0 Å². The van der Waals surface area contributed by atoms with Crippen molar-refractivity contribution < 1.29 is 0 Å². The lowest BCUT2D eigenvalue weighted by atomic mass is 10.2. The Morgan fingerprint density at radius 3 is 2.60 bits per heavy atom. The van der Waals surface area contributed by atoms with Gasteiger partial charge in [0.2, 0.25) is 0 Å². The number of fused-ring (bicyclic) bond motifs is 3. The quantitative estimate of drug-likeness (QED) is 0.613. The highest BCUT2D eigenvalue weighted by Crippen LogP contribution is 2.25. The first-order valence-electron chi connectivity index (χ1n) is 4.74. The number of hydrogen-bond acceptors (Lipinski definition) is 3. The van der Waals surface area contributed by atoms with Gasteiger partial charge >= 0.3 is 0 Å². The Bertz CT molecular complexity index is 659. The van der Waals surface area contributed by atoms with Gasteiger partial charge in [0.1, 0.15) is 0 Å². The third-order valence-corrected chi connectivity index (χ3v) is 2.71. The van der Waals surface area contributed by atoms with E-state index in [0.717, 1.165) is 33.0 Å². The summed E-state index contributed by atoms with van der Waals surface area (Å²) in [6, 6.07) is 0. The van der Waals surface area contributed by atoms with Crippen LogP contribution in [0.15, 0.2) is 24.8 Å². The fourth-order valence-corrected chi connectivity index (χ4v) is 2.05. The van der Waals surface area contributed by atoms with Crippen molar-refractivity contribution in [3.63, 3.8) is 0 Å². The van der Waals surface area contributed by atoms with Crippen molar-refractivity contribution in [3.8, 4) is 11.3 Å². The number of pyridine rings is 1. The van der Waals surface area contributed by atoms with E-state index >= 15 is 0 Å². The zero-order valence-electron chi connectivity index (χ0n) is 8.36. The summed E-state index contributed by atoms with van der Waals surface area (Å²) in [4.78, 5) is 12.8. The number of nitrogens with zero attached hydrogens (tertiary/aromatic N) is 3. The fraction of sp³-hybridized carbons (Fsp3) is 0.0833. The maximum Gasteiger partial charge on any atom is 0.0983 e. The van der Waals surface area contributed by atoms with E-state index in [1.165, 1.54) is 0 Å². The molecule has 0 fully saturated rings. The number of hydrogen-bond donors (Lipinski definition) is 0. The second-order valence-electron chi connectivity index (χ2n) is 3.60. The Morgan fingerprint density at radius 2 is 1.80 bits per heavy atom. The van der Waals surface area contributed by atoms with Gasteiger partial charge in [-0.25, -0.2) is 0 Å². The Labute approximate surface area is 86.9 Å². The molecule has 2 heterocycles. The van der Waals surface area contributed by atoms with Crippen LogP contribution in [0.2, 0.25) is 0 Å². The van der Waals surface area contributed by atoms with Crippen molar-refractivity contribution in [2.24, 2.45) is 0 Å². The van der Waals surface area contributed by atoms with Crippen LogP contribution >= 0.6 is 0 Å². The summed E-state index contributed by atoms with van der Waals surface area (Å²) in [6.45, 7) is 6.04. The molecule has 3 heteroatoms. The van der Waals surface area contributed by atoms with Gasteiger partial charge < -0.3 is 0 Å². The molecule has 2 aromatic heterocycles. The first-order chi connectivity index (χ1) is 7.29. The highest BCUT2D eigenvalue weighted by atomic mass is 14.8. The molecular formula is C12H9N3. The van der Waals surface area contributed by atoms with Crippen LogP contribution in [0.25, 0.3) is 23.4 Å². The van der Waals surface area contributed by atoms with Gasteiger partial charge in [-0.1, -0.05) is 6.58 Å². The molecule has 0 saturated heterocycles. The molecule has 72 valence electrons. The van der Waals surface area contributed by atoms with Crippen LogP contribution < -0.4 is 10.4 Å². The van der Waals surface area contributed by atoms with Crippen molar-refractivity contribution in [2.45, 2.75) is 6.92 Å². The third-order valence-electron chi connectivity index (χ3n) is 2.71. The molecule has 0 amide bonds. The predicted molar refractivity (Wildman–Crippen MR) is 58.2 cm³/mol. The minimum Gasteiger partial charge on any atom is -0.263 e. The Kier molecular flexibility index (Phi) is 1.51. The molecule has 0 saturated carbocycles. The summed E-state index contributed by atoms with van der Waals surface area (Å²) in [5.74, 6) is 0. The molecule has 1 aliphatic carbocycles. The summed E-state index contributed by atoms with van der Waals surface area (Å²) >= 11 is 0. The van der Waals surface area contributed by atoms with Crippen LogP contribution in [0.1, 0.15) is 12.6 Å². The Morgan fingerprint density at radius 1 is 1.07 bits per heavy atom. The smallest absolute Gasteiger partial charge is 0.0983 e.